The minimum Gasteiger partial charge on any atom is -0.312 e. The molecule has 0 aliphatic carbocycles. The average Bonchev–Trinajstić information content (AvgIpc) is 2.71. The monoisotopic (exact) mass is 376 g/mol. The number of nitrogens with zero attached hydrogens (tertiary/aromatic N) is 2. The highest BCUT2D eigenvalue weighted by Gasteiger charge is 2.30. The normalized spacial score (nSPS) is 19.3. The third-order valence-corrected chi connectivity index (χ3v) is 4.45. The Morgan fingerprint density at radius 1 is 1.50 bits per heavy atom. The van der Waals surface area contributed by atoms with Crippen molar-refractivity contribution >= 4 is 49.1 Å². The molecule has 1 fully saturated rings. The van der Waals surface area contributed by atoms with Crippen LogP contribution in [0.1, 0.15) is 6.42 Å². The molecule has 0 aromatic heterocycles. The summed E-state index contributed by atoms with van der Waals surface area (Å²) >= 11 is 6.49. The molecule has 1 saturated heterocycles. The number of alkyl halides is 1. The number of amides is 1. The Balaban J connectivity index is 2.32. The van der Waals surface area contributed by atoms with E-state index in [2.05, 4.69) is 31.9 Å². The lowest BCUT2D eigenvalue weighted by molar-refractivity contribution is -0.385. The van der Waals surface area contributed by atoms with Crippen molar-refractivity contribution in [3.05, 3.63) is 32.8 Å². The molecule has 0 radical (unpaired) electrons. The maximum atomic E-state index is 11.8. The molecular weight excluding hydrogens is 368 g/mol. The molecule has 1 heterocycles. The standard InChI is InChI=1S/C11H10Br2N2O3/c12-5-7-3-11(16)14(6-7)8-1-2-9(13)10(4-8)15(17)18/h1-2,4,7H,3,5-6H2. The van der Waals surface area contributed by atoms with E-state index in [4.69, 9.17) is 0 Å². The predicted octanol–water partition coefficient (Wildman–Crippen LogP) is 3.11. The van der Waals surface area contributed by atoms with Crippen LogP contribution in [0, 0.1) is 16.0 Å². The van der Waals surface area contributed by atoms with Gasteiger partial charge < -0.3 is 4.90 Å². The zero-order valence-corrected chi connectivity index (χ0v) is 12.5. The zero-order valence-electron chi connectivity index (χ0n) is 9.31. The Bertz CT molecular complexity index is 507. The van der Waals surface area contributed by atoms with Gasteiger partial charge in [-0.2, -0.15) is 0 Å². The quantitative estimate of drug-likeness (QED) is 0.462. The molecule has 5 nitrogen and oxygen atoms in total. The molecule has 1 atom stereocenters. The number of hydrogen-bond acceptors (Lipinski definition) is 3. The lowest BCUT2D eigenvalue weighted by atomic mass is 10.2. The van der Waals surface area contributed by atoms with Gasteiger partial charge >= 0.3 is 0 Å². The molecule has 0 N–H and O–H groups in total. The SMILES string of the molecule is O=C1CC(CBr)CN1c1ccc(Br)c([N+](=O)[O-])c1. The molecule has 7 heteroatoms. The first-order valence-corrected chi connectivity index (χ1v) is 7.24. The molecule has 1 aromatic rings. The second-order valence-electron chi connectivity index (χ2n) is 4.12. The van der Waals surface area contributed by atoms with Crippen molar-refractivity contribution in [2.75, 3.05) is 16.8 Å². The van der Waals surface area contributed by atoms with E-state index in [1.165, 1.54) is 6.07 Å². The predicted molar refractivity (Wildman–Crippen MR) is 75.1 cm³/mol. The summed E-state index contributed by atoms with van der Waals surface area (Å²) in [6.07, 6.45) is 0.481. The summed E-state index contributed by atoms with van der Waals surface area (Å²) in [5.41, 5.74) is 0.556. The number of nitro groups is 1. The van der Waals surface area contributed by atoms with Gasteiger partial charge in [0.1, 0.15) is 0 Å². The van der Waals surface area contributed by atoms with Gasteiger partial charge in [-0.1, -0.05) is 15.9 Å². The van der Waals surface area contributed by atoms with Crippen LogP contribution in [0.3, 0.4) is 0 Å². The highest BCUT2D eigenvalue weighted by molar-refractivity contribution is 9.10. The highest BCUT2D eigenvalue weighted by Crippen LogP contribution is 2.32. The van der Waals surface area contributed by atoms with Gasteiger partial charge in [-0.25, -0.2) is 0 Å². The maximum Gasteiger partial charge on any atom is 0.285 e. The molecule has 18 heavy (non-hydrogen) atoms. The number of rotatable bonds is 3. The lowest BCUT2D eigenvalue weighted by Crippen LogP contribution is -2.24. The molecule has 96 valence electrons. The highest BCUT2D eigenvalue weighted by atomic mass is 79.9. The van der Waals surface area contributed by atoms with Crippen LogP contribution < -0.4 is 4.90 Å². The Morgan fingerprint density at radius 2 is 2.22 bits per heavy atom. The molecule has 1 unspecified atom stereocenters. The van der Waals surface area contributed by atoms with Gasteiger partial charge in [-0.3, -0.25) is 14.9 Å². The topological polar surface area (TPSA) is 63.5 Å². The smallest absolute Gasteiger partial charge is 0.285 e. The third kappa shape index (κ3) is 2.56. The first-order chi connectivity index (χ1) is 8.52. The van der Waals surface area contributed by atoms with Crippen LogP contribution in [0.5, 0.6) is 0 Å². The summed E-state index contributed by atoms with van der Waals surface area (Å²) in [4.78, 5) is 23.8. The fraction of sp³-hybridized carbons (Fsp3) is 0.364. The average molecular weight is 378 g/mol. The number of nitro benzene ring substituents is 1. The van der Waals surface area contributed by atoms with Crippen molar-refractivity contribution in [2.45, 2.75) is 6.42 Å². The van der Waals surface area contributed by atoms with E-state index in [1.807, 2.05) is 0 Å². The molecular formula is C11H10Br2N2O3. The summed E-state index contributed by atoms with van der Waals surface area (Å²) < 4.78 is 0.417. The summed E-state index contributed by atoms with van der Waals surface area (Å²) in [6.45, 7) is 0.600. The molecule has 0 spiro atoms. The van der Waals surface area contributed by atoms with E-state index < -0.39 is 4.92 Å². The summed E-state index contributed by atoms with van der Waals surface area (Å²) in [7, 11) is 0. The van der Waals surface area contributed by atoms with Crippen LogP contribution in [0.15, 0.2) is 22.7 Å². The Labute approximate surface area is 121 Å². The largest absolute Gasteiger partial charge is 0.312 e. The van der Waals surface area contributed by atoms with E-state index in [-0.39, 0.29) is 17.5 Å². The molecule has 0 bridgehead atoms. The molecule has 1 aromatic carbocycles. The minimum absolute atomic E-state index is 0.0103. The first kappa shape index (κ1) is 13.5. The van der Waals surface area contributed by atoms with Crippen molar-refractivity contribution in [3.8, 4) is 0 Å². The summed E-state index contributed by atoms with van der Waals surface area (Å²) in [6, 6.07) is 4.74. The van der Waals surface area contributed by atoms with Gasteiger partial charge in [0.05, 0.1) is 15.1 Å². The molecule has 2 rings (SSSR count). The third-order valence-electron chi connectivity index (χ3n) is 2.86. The fourth-order valence-electron chi connectivity index (χ4n) is 1.94. The van der Waals surface area contributed by atoms with Crippen molar-refractivity contribution in [1.29, 1.82) is 0 Å². The van der Waals surface area contributed by atoms with Gasteiger partial charge in [-0.15, -0.1) is 0 Å². The van der Waals surface area contributed by atoms with E-state index in [0.29, 0.717) is 23.1 Å². The van der Waals surface area contributed by atoms with Crippen LogP contribution in [0.4, 0.5) is 11.4 Å². The number of benzene rings is 1. The van der Waals surface area contributed by atoms with E-state index >= 15 is 0 Å². The second-order valence-corrected chi connectivity index (χ2v) is 5.62. The van der Waals surface area contributed by atoms with E-state index in [1.54, 1.807) is 17.0 Å². The number of hydrogen-bond donors (Lipinski definition) is 0. The van der Waals surface area contributed by atoms with Crippen molar-refractivity contribution in [3.63, 3.8) is 0 Å². The summed E-state index contributed by atoms with van der Waals surface area (Å²) in [5.74, 6) is 0.274. The fourth-order valence-corrected chi connectivity index (χ4v) is 2.77. The van der Waals surface area contributed by atoms with Crippen LogP contribution in [-0.4, -0.2) is 22.7 Å². The lowest BCUT2D eigenvalue weighted by Gasteiger charge is -2.16. The molecule has 0 saturated carbocycles. The van der Waals surface area contributed by atoms with E-state index in [9.17, 15) is 14.9 Å². The van der Waals surface area contributed by atoms with Gasteiger partial charge in [-0.05, 0) is 34.0 Å². The Morgan fingerprint density at radius 3 is 2.78 bits per heavy atom. The number of anilines is 1. The van der Waals surface area contributed by atoms with E-state index in [0.717, 1.165) is 5.33 Å². The number of carbonyl (C=O) groups is 1. The molecule has 1 amide bonds. The maximum absolute atomic E-state index is 11.8. The van der Waals surface area contributed by atoms with Crippen LogP contribution in [0.25, 0.3) is 0 Å². The first-order valence-electron chi connectivity index (χ1n) is 5.33. The second kappa shape index (κ2) is 5.36. The van der Waals surface area contributed by atoms with Gasteiger partial charge in [0.15, 0.2) is 0 Å². The number of halogens is 2. The minimum atomic E-state index is -0.462. The summed E-state index contributed by atoms with van der Waals surface area (Å²) in [5, 5.41) is 11.6. The molecule has 1 aliphatic heterocycles. The van der Waals surface area contributed by atoms with Crippen LogP contribution in [0.2, 0.25) is 0 Å². The zero-order chi connectivity index (χ0) is 13.3. The van der Waals surface area contributed by atoms with Gasteiger partial charge in [0, 0.05) is 24.4 Å². The van der Waals surface area contributed by atoms with Gasteiger partial charge in [0.25, 0.3) is 5.69 Å². The Kier molecular flexibility index (Phi) is 4.01. The van der Waals surface area contributed by atoms with Crippen molar-refractivity contribution in [1.82, 2.24) is 0 Å². The van der Waals surface area contributed by atoms with Gasteiger partial charge in [0.2, 0.25) is 5.91 Å². The van der Waals surface area contributed by atoms with Crippen LogP contribution >= 0.6 is 31.9 Å². The van der Waals surface area contributed by atoms with Crippen molar-refractivity contribution < 1.29 is 9.72 Å². The Hall–Kier alpha value is -0.950. The van der Waals surface area contributed by atoms with Crippen LogP contribution in [-0.2, 0) is 4.79 Å². The molecule has 1 aliphatic rings. The number of carbonyl (C=O) groups excluding carboxylic acids is 1. The van der Waals surface area contributed by atoms with Crippen molar-refractivity contribution in [2.24, 2.45) is 5.92 Å².